The molecule has 0 N–H and O–H groups in total. The van der Waals surface area contributed by atoms with E-state index >= 15 is 0 Å². The highest BCUT2D eigenvalue weighted by Crippen LogP contribution is 2.20. The van der Waals surface area contributed by atoms with Gasteiger partial charge in [0.2, 0.25) is 5.91 Å². The number of aryl methyl sites for hydroxylation is 1. The number of thiazole rings is 1. The molecule has 21 heavy (non-hydrogen) atoms. The van der Waals surface area contributed by atoms with Crippen LogP contribution in [0.1, 0.15) is 11.4 Å². The quantitative estimate of drug-likeness (QED) is 0.867. The van der Waals surface area contributed by atoms with Crippen molar-refractivity contribution < 1.29 is 9.53 Å². The number of carbonyl (C=O) groups is 1. The van der Waals surface area contributed by atoms with Gasteiger partial charge >= 0.3 is 0 Å². The first-order valence-corrected chi connectivity index (χ1v) is 7.92. The second kappa shape index (κ2) is 6.78. The minimum absolute atomic E-state index is 0.188. The monoisotopic (exact) mass is 303 g/mol. The molecule has 0 atom stereocenters. The summed E-state index contributed by atoms with van der Waals surface area (Å²) in [6, 6.07) is 5.78. The third kappa shape index (κ3) is 3.65. The Morgan fingerprint density at radius 3 is 2.90 bits per heavy atom. The van der Waals surface area contributed by atoms with Crippen LogP contribution in [0.3, 0.4) is 0 Å². The molecule has 2 aromatic rings. The minimum Gasteiger partial charge on any atom is -0.378 e. The second-order valence-corrected chi connectivity index (χ2v) is 5.78. The normalized spacial score (nSPS) is 15.1. The highest BCUT2D eigenvalue weighted by Gasteiger charge is 2.17. The van der Waals surface area contributed by atoms with Crippen LogP contribution in [0.4, 0.5) is 0 Å². The third-order valence-corrected chi connectivity index (χ3v) is 4.30. The Bertz CT molecular complexity index is 594. The van der Waals surface area contributed by atoms with Gasteiger partial charge in [-0.15, -0.1) is 11.3 Å². The van der Waals surface area contributed by atoms with Gasteiger partial charge in [0.05, 0.1) is 29.6 Å². The molecule has 5 nitrogen and oxygen atoms in total. The first kappa shape index (κ1) is 14.2. The van der Waals surface area contributed by atoms with E-state index in [9.17, 15) is 4.79 Å². The summed E-state index contributed by atoms with van der Waals surface area (Å²) in [5.74, 6) is 0.188. The molecule has 6 heteroatoms. The van der Waals surface area contributed by atoms with Crippen molar-refractivity contribution in [1.29, 1.82) is 0 Å². The Morgan fingerprint density at radius 1 is 1.29 bits per heavy atom. The van der Waals surface area contributed by atoms with Crippen LogP contribution in [-0.2, 0) is 16.0 Å². The molecule has 0 aliphatic carbocycles. The van der Waals surface area contributed by atoms with Gasteiger partial charge in [0, 0.05) is 37.5 Å². The van der Waals surface area contributed by atoms with Crippen molar-refractivity contribution in [3.8, 4) is 11.4 Å². The zero-order chi connectivity index (χ0) is 14.5. The van der Waals surface area contributed by atoms with E-state index in [1.165, 1.54) is 0 Å². The molecule has 0 unspecified atom stereocenters. The zero-order valence-electron chi connectivity index (χ0n) is 11.7. The SMILES string of the molecule is O=C(CCc1nc(-c2ccccn2)cs1)N1CCOCC1. The lowest BCUT2D eigenvalue weighted by Gasteiger charge is -2.26. The molecule has 3 rings (SSSR count). The summed E-state index contributed by atoms with van der Waals surface area (Å²) in [6.07, 6.45) is 2.96. The molecule has 1 amide bonds. The van der Waals surface area contributed by atoms with E-state index in [0.717, 1.165) is 16.4 Å². The number of hydrogen-bond donors (Lipinski definition) is 0. The number of ether oxygens (including phenoxy) is 1. The van der Waals surface area contributed by atoms with Crippen LogP contribution in [0, 0.1) is 0 Å². The maximum atomic E-state index is 12.1. The van der Waals surface area contributed by atoms with Crippen molar-refractivity contribution in [2.24, 2.45) is 0 Å². The van der Waals surface area contributed by atoms with Gasteiger partial charge in [0.25, 0.3) is 0 Å². The largest absolute Gasteiger partial charge is 0.378 e. The second-order valence-electron chi connectivity index (χ2n) is 4.83. The number of rotatable bonds is 4. The number of carbonyl (C=O) groups excluding carboxylic acids is 1. The summed E-state index contributed by atoms with van der Waals surface area (Å²) in [7, 11) is 0. The average molecular weight is 303 g/mol. The lowest BCUT2D eigenvalue weighted by molar-refractivity contribution is -0.135. The summed E-state index contributed by atoms with van der Waals surface area (Å²) in [4.78, 5) is 22.8. The van der Waals surface area contributed by atoms with Crippen molar-refractivity contribution in [2.75, 3.05) is 26.3 Å². The molecule has 3 heterocycles. The van der Waals surface area contributed by atoms with Gasteiger partial charge in [0.15, 0.2) is 0 Å². The molecule has 1 fully saturated rings. The molecule has 1 aliphatic heterocycles. The predicted molar refractivity (Wildman–Crippen MR) is 81.1 cm³/mol. The Hall–Kier alpha value is -1.79. The first-order chi connectivity index (χ1) is 10.3. The van der Waals surface area contributed by atoms with Gasteiger partial charge in [-0.2, -0.15) is 0 Å². The highest BCUT2D eigenvalue weighted by molar-refractivity contribution is 7.09. The van der Waals surface area contributed by atoms with Crippen molar-refractivity contribution in [3.05, 3.63) is 34.8 Å². The minimum atomic E-state index is 0.188. The number of aromatic nitrogens is 2. The molecule has 0 aromatic carbocycles. The maximum absolute atomic E-state index is 12.1. The summed E-state index contributed by atoms with van der Waals surface area (Å²) in [5, 5.41) is 2.98. The number of nitrogens with zero attached hydrogens (tertiary/aromatic N) is 3. The topological polar surface area (TPSA) is 55.3 Å². The van der Waals surface area contributed by atoms with Gasteiger partial charge < -0.3 is 9.64 Å². The molecular formula is C15H17N3O2S. The zero-order valence-corrected chi connectivity index (χ0v) is 12.5. The van der Waals surface area contributed by atoms with Gasteiger partial charge in [-0.1, -0.05) is 6.07 Å². The van der Waals surface area contributed by atoms with Crippen molar-refractivity contribution in [3.63, 3.8) is 0 Å². The molecular weight excluding hydrogens is 286 g/mol. The van der Waals surface area contributed by atoms with E-state index in [1.54, 1.807) is 17.5 Å². The van der Waals surface area contributed by atoms with E-state index in [0.29, 0.717) is 39.1 Å². The maximum Gasteiger partial charge on any atom is 0.223 e. The van der Waals surface area contributed by atoms with Crippen LogP contribution in [0.5, 0.6) is 0 Å². The number of amides is 1. The highest BCUT2D eigenvalue weighted by atomic mass is 32.1. The van der Waals surface area contributed by atoms with Crippen molar-refractivity contribution in [1.82, 2.24) is 14.9 Å². The van der Waals surface area contributed by atoms with E-state index in [1.807, 2.05) is 28.5 Å². The molecule has 0 radical (unpaired) electrons. The van der Waals surface area contributed by atoms with Gasteiger partial charge in [-0.05, 0) is 12.1 Å². The molecule has 2 aromatic heterocycles. The summed E-state index contributed by atoms with van der Waals surface area (Å²) in [6.45, 7) is 2.70. The lowest BCUT2D eigenvalue weighted by Crippen LogP contribution is -2.40. The molecule has 110 valence electrons. The predicted octanol–water partition coefficient (Wildman–Crippen LogP) is 2.00. The van der Waals surface area contributed by atoms with Gasteiger partial charge in [0.1, 0.15) is 0 Å². The van der Waals surface area contributed by atoms with Crippen molar-refractivity contribution in [2.45, 2.75) is 12.8 Å². The Kier molecular flexibility index (Phi) is 4.57. The Morgan fingerprint density at radius 2 is 2.14 bits per heavy atom. The van der Waals surface area contributed by atoms with Crippen LogP contribution >= 0.6 is 11.3 Å². The smallest absolute Gasteiger partial charge is 0.223 e. The fraction of sp³-hybridized carbons (Fsp3) is 0.400. The number of hydrogen-bond acceptors (Lipinski definition) is 5. The van der Waals surface area contributed by atoms with Crippen LogP contribution in [0.15, 0.2) is 29.8 Å². The van der Waals surface area contributed by atoms with Crippen molar-refractivity contribution >= 4 is 17.2 Å². The Balaban J connectivity index is 1.56. The fourth-order valence-electron chi connectivity index (χ4n) is 2.24. The molecule has 1 saturated heterocycles. The fourth-order valence-corrected chi connectivity index (χ4v) is 3.03. The Labute approximate surface area is 127 Å². The van der Waals surface area contributed by atoms with Gasteiger partial charge in [-0.25, -0.2) is 4.98 Å². The van der Waals surface area contributed by atoms with Crippen LogP contribution < -0.4 is 0 Å². The lowest BCUT2D eigenvalue weighted by atomic mass is 10.2. The van der Waals surface area contributed by atoms with E-state index in [-0.39, 0.29) is 5.91 Å². The molecule has 0 saturated carbocycles. The molecule has 0 spiro atoms. The molecule has 1 aliphatic rings. The van der Waals surface area contributed by atoms with Gasteiger partial charge in [-0.3, -0.25) is 9.78 Å². The van der Waals surface area contributed by atoms with Crippen LogP contribution in [0.2, 0.25) is 0 Å². The summed E-state index contributed by atoms with van der Waals surface area (Å²) >= 11 is 1.59. The molecule has 0 bridgehead atoms. The van der Waals surface area contributed by atoms with Crippen LogP contribution in [0.25, 0.3) is 11.4 Å². The number of pyridine rings is 1. The van der Waals surface area contributed by atoms with E-state index in [2.05, 4.69) is 9.97 Å². The van der Waals surface area contributed by atoms with E-state index in [4.69, 9.17) is 4.74 Å². The van der Waals surface area contributed by atoms with E-state index < -0.39 is 0 Å². The summed E-state index contributed by atoms with van der Waals surface area (Å²) in [5.41, 5.74) is 1.76. The standard InChI is InChI=1S/C15H17N3O2S/c19-15(18-7-9-20-10-8-18)5-4-14-17-13(11-21-14)12-3-1-2-6-16-12/h1-3,6,11H,4-5,7-10H2. The third-order valence-electron chi connectivity index (χ3n) is 3.40. The average Bonchev–Trinajstić information content (AvgIpc) is 3.03. The summed E-state index contributed by atoms with van der Waals surface area (Å²) < 4.78 is 5.25. The first-order valence-electron chi connectivity index (χ1n) is 7.04. The van der Waals surface area contributed by atoms with Crippen LogP contribution in [-0.4, -0.2) is 47.1 Å². The number of morpholine rings is 1.